The number of carbonyl (C=O) groups excluding carboxylic acids is 3. The van der Waals surface area contributed by atoms with Crippen LogP contribution in [-0.2, 0) is 14.4 Å². The molecule has 0 saturated carbocycles. The molecule has 5 aromatic rings. The van der Waals surface area contributed by atoms with Gasteiger partial charge in [0.1, 0.15) is 23.6 Å². The second-order valence-electron chi connectivity index (χ2n) is 15.6. The van der Waals surface area contributed by atoms with E-state index in [4.69, 9.17) is 4.74 Å². The van der Waals surface area contributed by atoms with Crippen LogP contribution in [0.4, 0.5) is 0 Å². The fourth-order valence-corrected chi connectivity index (χ4v) is 7.73. The van der Waals surface area contributed by atoms with Crippen molar-refractivity contribution in [2.24, 2.45) is 5.41 Å². The minimum absolute atomic E-state index is 0.00763. The van der Waals surface area contributed by atoms with Crippen molar-refractivity contribution in [3.63, 3.8) is 0 Å². The van der Waals surface area contributed by atoms with Crippen LogP contribution in [0.15, 0.2) is 90.6 Å². The Labute approximate surface area is 337 Å². The van der Waals surface area contributed by atoms with Crippen molar-refractivity contribution in [1.82, 2.24) is 30.7 Å². The van der Waals surface area contributed by atoms with Crippen LogP contribution in [0.3, 0.4) is 0 Å². The highest BCUT2D eigenvalue weighted by molar-refractivity contribution is 7.13. The largest absolute Gasteiger partial charge is 0.507 e. The maximum absolute atomic E-state index is 14.0. The molecule has 0 aliphatic carbocycles. The van der Waals surface area contributed by atoms with E-state index in [-0.39, 0.29) is 43.0 Å². The van der Waals surface area contributed by atoms with Crippen LogP contribution in [0, 0.1) is 12.3 Å². The Kier molecular flexibility index (Phi) is 13.0. The van der Waals surface area contributed by atoms with Crippen LogP contribution in [0.1, 0.15) is 70.7 Å². The number of rotatable bonds is 14. The van der Waals surface area contributed by atoms with Gasteiger partial charge in [-0.2, -0.15) is 10.2 Å². The summed E-state index contributed by atoms with van der Waals surface area (Å²) >= 11 is 1.58. The number of ether oxygens (including phenoxy) is 1. The minimum Gasteiger partial charge on any atom is -0.507 e. The molecular weight excluding hydrogens is 741 g/mol. The lowest BCUT2D eigenvalue weighted by atomic mass is 9.85. The van der Waals surface area contributed by atoms with E-state index in [1.807, 2.05) is 101 Å². The number of thiazole rings is 1. The van der Waals surface area contributed by atoms with Gasteiger partial charge in [-0.1, -0.05) is 69.3 Å². The number of aliphatic hydroxyl groups excluding tert-OH is 1. The molecule has 1 fully saturated rings. The Morgan fingerprint density at radius 1 is 0.965 bits per heavy atom. The zero-order chi connectivity index (χ0) is 40.7. The van der Waals surface area contributed by atoms with Gasteiger partial charge in [-0.15, -0.1) is 11.3 Å². The number of phenolic OH excluding ortho intramolecular Hbond substituents is 1. The fraction of sp³-hybridized carbons (Fsp3) is 0.364. The first-order valence-corrected chi connectivity index (χ1v) is 20.1. The van der Waals surface area contributed by atoms with E-state index in [9.17, 15) is 24.6 Å². The summed E-state index contributed by atoms with van der Waals surface area (Å²) in [4.78, 5) is 47.7. The van der Waals surface area contributed by atoms with Gasteiger partial charge < -0.3 is 30.5 Å². The molecule has 6 rings (SSSR count). The number of hydrogen-bond acceptors (Lipinski definition) is 10. The predicted octanol–water partition coefficient (Wildman–Crippen LogP) is 6.87. The molecule has 4 N–H and O–H groups in total. The normalized spacial score (nSPS) is 16.5. The first kappa shape index (κ1) is 41.0. The molecule has 1 aliphatic rings. The van der Waals surface area contributed by atoms with Crippen molar-refractivity contribution < 1.29 is 29.3 Å². The summed E-state index contributed by atoms with van der Waals surface area (Å²) < 4.78 is 5.94. The van der Waals surface area contributed by atoms with E-state index in [0.717, 1.165) is 32.8 Å². The van der Waals surface area contributed by atoms with Gasteiger partial charge >= 0.3 is 0 Å². The highest BCUT2D eigenvalue weighted by Gasteiger charge is 2.44. The van der Waals surface area contributed by atoms with Gasteiger partial charge in [0.05, 0.1) is 46.7 Å². The maximum atomic E-state index is 14.0. The number of aryl methyl sites for hydroxylation is 1. The number of nitrogens with one attached hydrogen (secondary N) is 2. The van der Waals surface area contributed by atoms with E-state index in [0.29, 0.717) is 36.5 Å². The Bertz CT molecular complexity index is 2170. The summed E-state index contributed by atoms with van der Waals surface area (Å²) in [5.74, 6) is -0.194. The molecular formula is C44H50N6O6S. The van der Waals surface area contributed by atoms with Crippen LogP contribution in [0.5, 0.6) is 11.5 Å². The second-order valence-corrected chi connectivity index (χ2v) is 16.4. The number of phenols is 1. The number of likely N-dealkylation sites (tertiary alicyclic amines) is 1. The van der Waals surface area contributed by atoms with Crippen molar-refractivity contribution in [2.45, 2.75) is 84.5 Å². The quantitative estimate of drug-likeness (QED) is 0.0879. The number of β-amino-alcohol motifs (C(OH)–C–C–N with tert-alkyl or cyclic N) is 1. The van der Waals surface area contributed by atoms with Gasteiger partial charge in [0, 0.05) is 30.5 Å². The number of aromatic hydroxyl groups is 1. The van der Waals surface area contributed by atoms with Gasteiger partial charge in [0.2, 0.25) is 17.7 Å². The van der Waals surface area contributed by atoms with Crippen LogP contribution >= 0.6 is 11.3 Å². The number of benzene rings is 3. The smallest absolute Gasteiger partial charge is 0.246 e. The maximum Gasteiger partial charge on any atom is 0.246 e. The third-order valence-corrected chi connectivity index (χ3v) is 11.1. The Hall–Kier alpha value is -5.66. The first-order chi connectivity index (χ1) is 27.3. The molecule has 0 bridgehead atoms. The average Bonchev–Trinajstić information content (AvgIpc) is 3.81. The number of carbonyl (C=O) groups is 3. The molecule has 13 heteroatoms. The standard InChI is InChI=1S/C44H50N6O6S/c1-27(29-13-15-31(16-14-29)40-28(2)45-26-57-40)47-42(54)37-23-33(51)25-50(37)43(55)41(44(3,4)5)48-39(53)12-8-9-21-56-34-19-17-30(18-20-34)32-22-36(49-46-24-32)35-10-6-7-11-38(35)52/h6-7,10-11,13-20,22,24,26-27,33,37,41,51-52H,8-9,12,21,23,25H2,1-5H3,(H,47,54)(H,48,53)/t27?,33-,37+,41?/m1/s1. The highest BCUT2D eigenvalue weighted by Crippen LogP contribution is 2.32. The van der Waals surface area contributed by atoms with Crippen molar-refractivity contribution in [3.05, 3.63) is 102 Å². The summed E-state index contributed by atoms with van der Waals surface area (Å²) in [7, 11) is 0. The molecule has 57 heavy (non-hydrogen) atoms. The van der Waals surface area contributed by atoms with E-state index >= 15 is 0 Å². The van der Waals surface area contributed by atoms with Crippen LogP contribution < -0.4 is 15.4 Å². The lowest BCUT2D eigenvalue weighted by Gasteiger charge is -2.35. The van der Waals surface area contributed by atoms with Gasteiger partial charge in [-0.05, 0) is 79.1 Å². The molecule has 4 atom stereocenters. The summed E-state index contributed by atoms with van der Waals surface area (Å²) in [5, 5.41) is 35.1. The second kappa shape index (κ2) is 18.1. The molecule has 2 aromatic heterocycles. The van der Waals surface area contributed by atoms with E-state index < -0.39 is 29.5 Å². The summed E-state index contributed by atoms with van der Waals surface area (Å²) in [6.07, 6.45) is 2.28. The summed E-state index contributed by atoms with van der Waals surface area (Å²) in [5.41, 5.74) is 7.04. The average molecular weight is 791 g/mol. The number of amides is 3. The van der Waals surface area contributed by atoms with Crippen molar-refractivity contribution in [3.8, 4) is 44.3 Å². The molecule has 1 aliphatic heterocycles. The number of unbranched alkanes of at least 4 members (excludes halogenated alkanes) is 1. The number of aliphatic hydroxyl groups is 1. The zero-order valence-electron chi connectivity index (χ0n) is 32.9. The molecule has 3 aromatic carbocycles. The van der Waals surface area contributed by atoms with Gasteiger partial charge in [-0.3, -0.25) is 14.4 Å². The van der Waals surface area contributed by atoms with E-state index in [1.165, 1.54) is 4.90 Å². The number of aromatic nitrogens is 3. The third kappa shape index (κ3) is 10.2. The Balaban J connectivity index is 0.979. The van der Waals surface area contributed by atoms with E-state index in [1.54, 1.807) is 35.7 Å². The lowest BCUT2D eigenvalue weighted by Crippen LogP contribution is -2.57. The Morgan fingerprint density at radius 3 is 2.37 bits per heavy atom. The van der Waals surface area contributed by atoms with Crippen LogP contribution in [-0.4, -0.2) is 79.4 Å². The zero-order valence-corrected chi connectivity index (χ0v) is 33.8. The SMILES string of the molecule is Cc1ncsc1-c1ccc(C(C)NC(=O)[C@@H]2C[C@@H](O)CN2C(=O)C(NC(=O)CCCCOc2ccc(-c3cnnc(-c4ccccc4O)c3)cc2)C(C)(C)C)cc1. The lowest BCUT2D eigenvalue weighted by molar-refractivity contribution is -0.144. The molecule has 12 nitrogen and oxygen atoms in total. The molecule has 298 valence electrons. The summed E-state index contributed by atoms with van der Waals surface area (Å²) in [6.45, 7) is 9.88. The van der Waals surface area contributed by atoms with Crippen LogP contribution in [0.25, 0.3) is 32.8 Å². The number of para-hydroxylation sites is 1. The fourth-order valence-electron chi connectivity index (χ4n) is 6.92. The van der Waals surface area contributed by atoms with Crippen molar-refractivity contribution >= 4 is 29.1 Å². The molecule has 0 radical (unpaired) electrons. The van der Waals surface area contributed by atoms with Crippen LogP contribution in [0.2, 0.25) is 0 Å². The molecule has 3 heterocycles. The topological polar surface area (TPSA) is 167 Å². The van der Waals surface area contributed by atoms with Gasteiger partial charge in [0.15, 0.2) is 0 Å². The molecule has 0 spiro atoms. The van der Waals surface area contributed by atoms with Gasteiger partial charge in [0.25, 0.3) is 0 Å². The molecule has 1 saturated heterocycles. The van der Waals surface area contributed by atoms with Gasteiger partial charge in [-0.25, -0.2) is 4.98 Å². The first-order valence-electron chi connectivity index (χ1n) is 19.2. The summed E-state index contributed by atoms with van der Waals surface area (Å²) in [6, 6.07) is 22.3. The van der Waals surface area contributed by atoms with Crippen molar-refractivity contribution in [1.29, 1.82) is 0 Å². The third-order valence-electron chi connectivity index (χ3n) is 10.1. The Morgan fingerprint density at radius 2 is 1.68 bits per heavy atom. The number of hydrogen-bond donors (Lipinski definition) is 4. The highest BCUT2D eigenvalue weighted by atomic mass is 32.1. The molecule has 2 unspecified atom stereocenters. The van der Waals surface area contributed by atoms with E-state index in [2.05, 4.69) is 25.8 Å². The monoisotopic (exact) mass is 790 g/mol. The van der Waals surface area contributed by atoms with Crippen molar-refractivity contribution in [2.75, 3.05) is 13.2 Å². The predicted molar refractivity (Wildman–Crippen MR) is 220 cm³/mol. The molecule has 3 amide bonds. The minimum atomic E-state index is -0.898. The number of nitrogens with zero attached hydrogens (tertiary/aromatic N) is 4.